The van der Waals surface area contributed by atoms with Crippen LogP contribution in [0.15, 0.2) is 30.5 Å². The number of pyridine rings is 1. The molecule has 0 saturated carbocycles. The van der Waals surface area contributed by atoms with E-state index in [-0.39, 0.29) is 0 Å². The first-order chi connectivity index (χ1) is 7.72. The molecular formula is C13H13N3. The van der Waals surface area contributed by atoms with Gasteiger partial charge in [-0.3, -0.25) is 4.98 Å². The molecule has 0 unspecified atom stereocenters. The molecule has 0 aliphatic rings. The highest BCUT2D eigenvalue weighted by Gasteiger charge is 2.05. The van der Waals surface area contributed by atoms with Crippen LogP contribution in [0.5, 0.6) is 0 Å². The van der Waals surface area contributed by atoms with Gasteiger partial charge in [0.25, 0.3) is 0 Å². The van der Waals surface area contributed by atoms with Crippen molar-refractivity contribution in [3.05, 3.63) is 41.7 Å². The molecule has 0 fully saturated rings. The van der Waals surface area contributed by atoms with Gasteiger partial charge in [-0.15, -0.1) is 0 Å². The maximum absolute atomic E-state index is 8.66. The van der Waals surface area contributed by atoms with Crippen molar-refractivity contribution < 1.29 is 0 Å². The van der Waals surface area contributed by atoms with Gasteiger partial charge in [-0.1, -0.05) is 0 Å². The Kier molecular flexibility index (Phi) is 2.74. The Hall–Kier alpha value is -2.08. The normalized spacial score (nSPS) is 10.1. The van der Waals surface area contributed by atoms with E-state index in [0.717, 1.165) is 17.0 Å². The molecule has 0 amide bonds. The Morgan fingerprint density at radius 1 is 1.38 bits per heavy atom. The number of hydrogen-bond donors (Lipinski definition) is 0. The molecule has 3 nitrogen and oxygen atoms in total. The van der Waals surface area contributed by atoms with Crippen molar-refractivity contribution in [1.29, 1.82) is 5.26 Å². The fourth-order valence-electron chi connectivity index (χ4n) is 1.69. The fourth-order valence-corrected chi connectivity index (χ4v) is 1.69. The first kappa shape index (κ1) is 10.4. The minimum atomic E-state index is 0.429. The zero-order chi connectivity index (χ0) is 11.5. The number of rotatable bonds is 2. The summed E-state index contributed by atoms with van der Waals surface area (Å²) in [6, 6.07) is 10.1. The van der Waals surface area contributed by atoms with E-state index in [1.54, 1.807) is 6.20 Å². The van der Waals surface area contributed by atoms with Crippen LogP contribution < -0.4 is 0 Å². The summed E-state index contributed by atoms with van der Waals surface area (Å²) in [4.78, 5) is 4.34. The third kappa shape index (κ3) is 1.82. The van der Waals surface area contributed by atoms with E-state index in [9.17, 15) is 0 Å². The van der Waals surface area contributed by atoms with Crippen LogP contribution in [-0.4, -0.2) is 9.55 Å². The highest BCUT2D eigenvalue weighted by molar-refractivity contribution is 5.57. The Bertz CT molecular complexity index is 547. The van der Waals surface area contributed by atoms with Crippen LogP contribution in [0.25, 0.3) is 11.4 Å². The molecular weight excluding hydrogens is 198 g/mol. The van der Waals surface area contributed by atoms with Crippen LogP contribution in [-0.2, 0) is 13.5 Å². The zero-order valence-electron chi connectivity index (χ0n) is 9.44. The maximum atomic E-state index is 8.66. The lowest BCUT2D eigenvalue weighted by Crippen LogP contribution is -1.96. The molecule has 16 heavy (non-hydrogen) atoms. The van der Waals surface area contributed by atoms with Gasteiger partial charge in [0.15, 0.2) is 0 Å². The molecule has 3 heteroatoms. The van der Waals surface area contributed by atoms with Gasteiger partial charge in [0.2, 0.25) is 0 Å². The monoisotopic (exact) mass is 211 g/mol. The predicted octanol–water partition coefficient (Wildman–Crippen LogP) is 2.46. The second kappa shape index (κ2) is 4.19. The minimum Gasteiger partial charge on any atom is -0.347 e. The molecule has 2 aromatic heterocycles. The Morgan fingerprint density at radius 3 is 2.81 bits per heavy atom. The van der Waals surface area contributed by atoms with Gasteiger partial charge in [0.1, 0.15) is 0 Å². The molecule has 0 bridgehead atoms. The second-order valence-electron chi connectivity index (χ2n) is 3.80. The minimum absolute atomic E-state index is 0.429. The lowest BCUT2D eigenvalue weighted by Gasteiger charge is -2.05. The van der Waals surface area contributed by atoms with Crippen molar-refractivity contribution in [2.75, 3.05) is 0 Å². The zero-order valence-corrected chi connectivity index (χ0v) is 9.44. The molecule has 0 aliphatic carbocycles. The summed E-state index contributed by atoms with van der Waals surface area (Å²) >= 11 is 0. The van der Waals surface area contributed by atoms with Gasteiger partial charge in [0, 0.05) is 18.9 Å². The summed E-state index contributed by atoms with van der Waals surface area (Å²) in [6.07, 6.45) is 2.18. The summed E-state index contributed by atoms with van der Waals surface area (Å²) in [5, 5.41) is 8.66. The van der Waals surface area contributed by atoms with Crippen molar-refractivity contribution in [3.63, 3.8) is 0 Å². The first-order valence-corrected chi connectivity index (χ1v) is 5.17. The van der Waals surface area contributed by atoms with E-state index < -0.39 is 0 Å². The standard InChI is InChI=1S/C13H13N3/c1-10-3-4-13(16(10)2)12-9-11(5-7-14)6-8-15-12/h3-4,6,8-9H,5H2,1-2H3. The molecule has 2 rings (SSSR count). The third-order valence-electron chi connectivity index (χ3n) is 2.74. The molecule has 0 spiro atoms. The molecule has 0 N–H and O–H groups in total. The molecule has 2 aromatic rings. The van der Waals surface area contributed by atoms with Crippen molar-refractivity contribution >= 4 is 0 Å². The van der Waals surface area contributed by atoms with Gasteiger partial charge in [-0.05, 0) is 36.8 Å². The Balaban J connectivity index is 2.45. The van der Waals surface area contributed by atoms with E-state index in [2.05, 4.69) is 28.6 Å². The maximum Gasteiger partial charge on any atom is 0.0869 e. The highest BCUT2D eigenvalue weighted by atomic mass is 15.0. The average Bonchev–Trinajstić information content (AvgIpc) is 2.61. The van der Waals surface area contributed by atoms with Crippen molar-refractivity contribution in [1.82, 2.24) is 9.55 Å². The molecule has 0 aliphatic heterocycles. The Morgan fingerprint density at radius 2 is 2.19 bits per heavy atom. The van der Waals surface area contributed by atoms with Crippen LogP contribution in [0.4, 0.5) is 0 Å². The van der Waals surface area contributed by atoms with Gasteiger partial charge in [0.05, 0.1) is 23.9 Å². The second-order valence-corrected chi connectivity index (χ2v) is 3.80. The highest BCUT2D eigenvalue weighted by Crippen LogP contribution is 2.20. The van der Waals surface area contributed by atoms with Gasteiger partial charge < -0.3 is 4.57 Å². The van der Waals surface area contributed by atoms with Gasteiger partial charge in [-0.2, -0.15) is 5.26 Å². The van der Waals surface area contributed by atoms with Crippen LogP contribution in [0.2, 0.25) is 0 Å². The molecule has 0 aromatic carbocycles. The summed E-state index contributed by atoms with van der Waals surface area (Å²) in [6.45, 7) is 2.06. The third-order valence-corrected chi connectivity index (χ3v) is 2.74. The first-order valence-electron chi connectivity index (χ1n) is 5.17. The summed E-state index contributed by atoms with van der Waals surface area (Å²) in [7, 11) is 2.02. The largest absolute Gasteiger partial charge is 0.347 e. The fraction of sp³-hybridized carbons (Fsp3) is 0.231. The molecule has 0 atom stereocenters. The topological polar surface area (TPSA) is 41.6 Å². The van der Waals surface area contributed by atoms with Crippen LogP contribution in [0, 0.1) is 18.3 Å². The predicted molar refractivity (Wildman–Crippen MR) is 62.7 cm³/mol. The van der Waals surface area contributed by atoms with Crippen molar-refractivity contribution in [3.8, 4) is 17.5 Å². The van der Waals surface area contributed by atoms with E-state index in [1.807, 2.05) is 25.2 Å². The Labute approximate surface area is 95.0 Å². The van der Waals surface area contributed by atoms with E-state index in [0.29, 0.717) is 6.42 Å². The van der Waals surface area contributed by atoms with E-state index in [4.69, 9.17) is 5.26 Å². The lowest BCUT2D eigenvalue weighted by atomic mass is 10.1. The smallest absolute Gasteiger partial charge is 0.0869 e. The summed E-state index contributed by atoms with van der Waals surface area (Å²) < 4.78 is 2.10. The van der Waals surface area contributed by atoms with Crippen LogP contribution in [0.1, 0.15) is 11.3 Å². The summed E-state index contributed by atoms with van der Waals surface area (Å²) in [5.41, 5.74) is 4.20. The summed E-state index contributed by atoms with van der Waals surface area (Å²) in [5.74, 6) is 0. The van der Waals surface area contributed by atoms with Crippen LogP contribution in [0.3, 0.4) is 0 Å². The van der Waals surface area contributed by atoms with E-state index >= 15 is 0 Å². The average molecular weight is 211 g/mol. The van der Waals surface area contributed by atoms with Gasteiger partial charge in [-0.25, -0.2) is 0 Å². The van der Waals surface area contributed by atoms with Crippen molar-refractivity contribution in [2.45, 2.75) is 13.3 Å². The quantitative estimate of drug-likeness (QED) is 0.765. The molecule has 2 heterocycles. The number of hydrogen-bond acceptors (Lipinski definition) is 2. The van der Waals surface area contributed by atoms with Crippen LogP contribution >= 0.6 is 0 Å². The molecule has 0 saturated heterocycles. The number of aromatic nitrogens is 2. The lowest BCUT2D eigenvalue weighted by molar-refractivity contribution is 0.886. The molecule has 80 valence electrons. The van der Waals surface area contributed by atoms with Crippen molar-refractivity contribution in [2.24, 2.45) is 7.05 Å². The number of nitriles is 1. The van der Waals surface area contributed by atoms with Gasteiger partial charge >= 0.3 is 0 Å². The number of aryl methyl sites for hydroxylation is 1. The molecule has 0 radical (unpaired) electrons. The SMILES string of the molecule is Cc1ccc(-c2cc(CC#N)ccn2)n1C. The van der Waals surface area contributed by atoms with E-state index in [1.165, 1.54) is 5.69 Å². The number of nitrogens with zero attached hydrogens (tertiary/aromatic N) is 3.